The fourth-order valence-corrected chi connectivity index (χ4v) is 5.34. The van der Waals surface area contributed by atoms with Crippen molar-refractivity contribution in [2.24, 2.45) is 0 Å². The molecule has 2 atom stereocenters. The first-order valence-corrected chi connectivity index (χ1v) is 13.0. The van der Waals surface area contributed by atoms with Crippen LogP contribution in [0, 0.1) is 11.6 Å². The van der Waals surface area contributed by atoms with Crippen molar-refractivity contribution in [2.45, 2.75) is 30.8 Å². The van der Waals surface area contributed by atoms with Crippen molar-refractivity contribution in [2.75, 3.05) is 27.7 Å². The Bertz CT molecular complexity index is 1370. The van der Waals surface area contributed by atoms with E-state index < -0.39 is 23.2 Å². The van der Waals surface area contributed by atoms with Crippen molar-refractivity contribution in [1.82, 2.24) is 9.88 Å². The van der Waals surface area contributed by atoms with Crippen molar-refractivity contribution >= 4 is 26.8 Å². The minimum Gasteiger partial charge on any atom is -0.481 e. The summed E-state index contributed by atoms with van der Waals surface area (Å²) in [6, 6.07) is 20.3. The van der Waals surface area contributed by atoms with Crippen LogP contribution in [0.5, 0.6) is 5.88 Å². The van der Waals surface area contributed by atoms with Crippen LogP contribution in [0.4, 0.5) is 8.78 Å². The van der Waals surface area contributed by atoms with Gasteiger partial charge in [-0.25, -0.2) is 13.8 Å². The number of aromatic nitrogens is 1. The third-order valence-electron chi connectivity index (χ3n) is 6.69. The van der Waals surface area contributed by atoms with Crippen molar-refractivity contribution < 1.29 is 18.6 Å². The van der Waals surface area contributed by atoms with E-state index in [1.807, 2.05) is 68.7 Å². The number of benzene rings is 3. The molecule has 4 nitrogen and oxygen atoms in total. The molecule has 3 aromatic carbocycles. The Kier molecular flexibility index (Phi) is 8.57. The number of ether oxygens (including phenoxy) is 1. The molecule has 0 aliphatic heterocycles. The van der Waals surface area contributed by atoms with Gasteiger partial charge in [-0.2, -0.15) is 0 Å². The Hall–Kier alpha value is -2.87. The lowest BCUT2D eigenvalue weighted by atomic mass is 9.71. The molecule has 0 bridgehead atoms. The molecule has 0 amide bonds. The Labute approximate surface area is 225 Å². The maximum Gasteiger partial charge on any atom is 0.217 e. The molecule has 0 saturated carbocycles. The Morgan fingerprint density at radius 1 is 1.00 bits per heavy atom. The van der Waals surface area contributed by atoms with Crippen LogP contribution in [0.15, 0.2) is 77.3 Å². The molecular weight excluding hydrogens is 538 g/mol. The molecule has 0 aliphatic rings. The first-order chi connectivity index (χ1) is 17.7. The average molecular weight is 569 g/mol. The van der Waals surface area contributed by atoms with Gasteiger partial charge in [0.05, 0.1) is 12.6 Å². The average Bonchev–Trinajstić information content (AvgIpc) is 2.88. The molecule has 1 heterocycles. The lowest BCUT2D eigenvalue weighted by Crippen LogP contribution is -2.36. The van der Waals surface area contributed by atoms with E-state index >= 15 is 4.39 Å². The second-order valence-corrected chi connectivity index (χ2v) is 10.5. The van der Waals surface area contributed by atoms with Crippen molar-refractivity contribution in [1.29, 1.82) is 0 Å². The molecule has 0 radical (unpaired) electrons. The van der Waals surface area contributed by atoms with Crippen LogP contribution in [0.1, 0.15) is 41.9 Å². The minimum atomic E-state index is -1.78. The largest absolute Gasteiger partial charge is 0.481 e. The molecule has 0 spiro atoms. The van der Waals surface area contributed by atoms with Gasteiger partial charge in [-0.3, -0.25) is 0 Å². The highest BCUT2D eigenvalue weighted by Crippen LogP contribution is 2.48. The third-order valence-corrected chi connectivity index (χ3v) is 7.19. The molecule has 37 heavy (non-hydrogen) atoms. The number of rotatable bonds is 10. The van der Waals surface area contributed by atoms with E-state index in [9.17, 15) is 9.50 Å². The van der Waals surface area contributed by atoms with E-state index in [4.69, 9.17) is 9.72 Å². The van der Waals surface area contributed by atoms with Gasteiger partial charge in [0.15, 0.2) is 0 Å². The number of hydrogen-bond acceptors (Lipinski definition) is 4. The Morgan fingerprint density at radius 2 is 1.76 bits per heavy atom. The minimum absolute atomic E-state index is 0.0809. The Morgan fingerprint density at radius 3 is 2.46 bits per heavy atom. The second kappa shape index (κ2) is 11.7. The fourth-order valence-electron chi connectivity index (χ4n) is 4.96. The van der Waals surface area contributed by atoms with Crippen molar-refractivity contribution in [3.63, 3.8) is 0 Å². The van der Waals surface area contributed by atoms with E-state index in [0.717, 1.165) is 52.1 Å². The number of halogens is 3. The number of aliphatic hydroxyl groups is 1. The summed E-state index contributed by atoms with van der Waals surface area (Å²) in [6.45, 7) is 0.812. The monoisotopic (exact) mass is 568 g/mol. The normalized spacial score (nSPS) is 14.1. The van der Waals surface area contributed by atoms with Crippen LogP contribution >= 0.6 is 15.9 Å². The van der Waals surface area contributed by atoms with E-state index in [1.54, 1.807) is 0 Å². The van der Waals surface area contributed by atoms with Gasteiger partial charge in [0, 0.05) is 26.9 Å². The van der Waals surface area contributed by atoms with Gasteiger partial charge in [0.1, 0.15) is 17.2 Å². The molecule has 0 fully saturated rings. The van der Waals surface area contributed by atoms with Gasteiger partial charge in [0.2, 0.25) is 5.88 Å². The lowest BCUT2D eigenvalue weighted by Gasteiger charge is -2.38. The highest BCUT2D eigenvalue weighted by molar-refractivity contribution is 9.10. The number of methoxy groups -OCH3 is 1. The highest BCUT2D eigenvalue weighted by atomic mass is 79.9. The van der Waals surface area contributed by atoms with Gasteiger partial charge in [0.25, 0.3) is 0 Å². The van der Waals surface area contributed by atoms with E-state index in [2.05, 4.69) is 20.8 Å². The van der Waals surface area contributed by atoms with Crippen molar-refractivity contribution in [3.05, 3.63) is 106 Å². The molecule has 0 saturated heterocycles. The molecule has 0 unspecified atom stereocenters. The molecular formula is C30H31BrF2N2O2. The first kappa shape index (κ1) is 27.2. The van der Waals surface area contributed by atoms with Crippen LogP contribution in [0.3, 0.4) is 0 Å². The van der Waals surface area contributed by atoms with Gasteiger partial charge < -0.3 is 14.7 Å². The summed E-state index contributed by atoms with van der Waals surface area (Å²) in [4.78, 5) is 6.78. The molecule has 1 aromatic heterocycles. The molecule has 7 heteroatoms. The molecule has 4 rings (SSSR count). The summed E-state index contributed by atoms with van der Waals surface area (Å²) in [5, 5.41) is 13.4. The standard InChI is InChI=1S/C30H31BrF2N2O2/c1-35(2)16-8-7-15-30(36,25-19-23(32)12-13-26(25)33)28(20-9-5-4-6-10-20)24-18-21-17-22(31)11-14-27(21)34-29(24)37-3/h4-6,9-14,17-19,28,36H,7-8,15-16H2,1-3H3/t28-,30-/m1/s1. The number of unbranched alkanes of at least 4 members (excludes halogenated alkanes) is 1. The summed E-state index contributed by atoms with van der Waals surface area (Å²) in [5.41, 5.74) is 0.201. The van der Waals surface area contributed by atoms with Gasteiger partial charge >= 0.3 is 0 Å². The summed E-state index contributed by atoms with van der Waals surface area (Å²) in [6.07, 6.45) is 1.59. The van der Waals surface area contributed by atoms with Crippen molar-refractivity contribution in [3.8, 4) is 5.88 Å². The predicted octanol–water partition coefficient (Wildman–Crippen LogP) is 7.04. The topological polar surface area (TPSA) is 45.6 Å². The summed E-state index contributed by atoms with van der Waals surface area (Å²) in [7, 11) is 5.49. The number of pyridine rings is 1. The maximum atomic E-state index is 15.4. The molecule has 4 aromatic rings. The number of nitrogens with zero attached hydrogens (tertiary/aromatic N) is 2. The molecule has 1 N–H and O–H groups in total. The summed E-state index contributed by atoms with van der Waals surface area (Å²) in [5.74, 6) is -1.72. The van der Waals surface area contributed by atoms with Crippen LogP contribution in [0.2, 0.25) is 0 Å². The predicted molar refractivity (Wildman–Crippen MR) is 147 cm³/mol. The first-order valence-electron chi connectivity index (χ1n) is 12.2. The second-order valence-electron chi connectivity index (χ2n) is 9.58. The van der Waals surface area contributed by atoms with Gasteiger partial charge in [-0.05, 0) is 87.9 Å². The smallest absolute Gasteiger partial charge is 0.217 e. The zero-order valence-electron chi connectivity index (χ0n) is 21.2. The molecule has 0 aliphatic carbocycles. The third kappa shape index (κ3) is 6.00. The van der Waals surface area contributed by atoms with Crippen LogP contribution in [0.25, 0.3) is 10.9 Å². The van der Waals surface area contributed by atoms with Gasteiger partial charge in [-0.1, -0.05) is 46.3 Å². The molecule has 194 valence electrons. The van der Waals surface area contributed by atoms with Crippen LogP contribution in [-0.2, 0) is 5.60 Å². The zero-order chi connectivity index (χ0) is 26.6. The fraction of sp³-hybridized carbons (Fsp3) is 0.300. The lowest BCUT2D eigenvalue weighted by molar-refractivity contribution is 0.00324. The quantitative estimate of drug-likeness (QED) is 0.208. The zero-order valence-corrected chi connectivity index (χ0v) is 22.8. The van der Waals surface area contributed by atoms with Gasteiger partial charge in [-0.15, -0.1) is 0 Å². The summed E-state index contributed by atoms with van der Waals surface area (Å²) >= 11 is 3.52. The number of hydrogen-bond donors (Lipinski definition) is 1. The summed E-state index contributed by atoms with van der Waals surface area (Å²) < 4.78 is 36.5. The highest BCUT2D eigenvalue weighted by Gasteiger charge is 2.44. The maximum absolute atomic E-state index is 15.4. The SMILES string of the molecule is COc1nc2ccc(Br)cc2cc1[C@@H](c1ccccc1)[C@@](O)(CCCCN(C)C)c1cc(F)ccc1F. The van der Waals surface area contributed by atoms with E-state index in [0.29, 0.717) is 17.9 Å². The van der Waals surface area contributed by atoms with Crippen LogP contribution < -0.4 is 4.74 Å². The van der Waals surface area contributed by atoms with E-state index in [-0.39, 0.29) is 12.0 Å². The Balaban J connectivity index is 1.98. The van der Waals surface area contributed by atoms with Crippen LogP contribution in [-0.4, -0.2) is 42.7 Å². The number of fused-ring (bicyclic) bond motifs is 1. The van der Waals surface area contributed by atoms with E-state index in [1.165, 1.54) is 7.11 Å².